The van der Waals surface area contributed by atoms with Crippen LogP contribution in [0.15, 0.2) is 59.8 Å². The average Bonchev–Trinajstić information content (AvgIpc) is 3.13. The Kier molecular flexibility index (Phi) is 6.63. The Morgan fingerprint density at radius 2 is 1.94 bits per heavy atom. The second-order valence-electron chi connectivity index (χ2n) is 8.84. The summed E-state index contributed by atoms with van der Waals surface area (Å²) in [6.45, 7) is 8.13. The van der Waals surface area contributed by atoms with E-state index in [0.29, 0.717) is 24.4 Å². The minimum atomic E-state index is -0.791. The standard InChI is InChI=1S/C24H28ClN5O/c1-17-11-12-19(25)15-20(17)21-16-30(22(31)23(2,3)4)24(28-21,13-8-14-27-29-26)18-9-6-5-7-10-18/h5-7,9-12,15-16,28H,8,13-14H2,1-4H3. The summed E-state index contributed by atoms with van der Waals surface area (Å²) in [7, 11) is 0. The van der Waals surface area contributed by atoms with Gasteiger partial charge in [-0.2, -0.15) is 0 Å². The van der Waals surface area contributed by atoms with Crippen molar-refractivity contribution in [2.75, 3.05) is 6.54 Å². The zero-order chi connectivity index (χ0) is 22.6. The van der Waals surface area contributed by atoms with Crippen molar-refractivity contribution >= 4 is 23.2 Å². The van der Waals surface area contributed by atoms with Gasteiger partial charge in [-0.15, -0.1) is 0 Å². The molecule has 0 saturated heterocycles. The van der Waals surface area contributed by atoms with Crippen LogP contribution >= 0.6 is 11.6 Å². The number of carbonyl (C=O) groups excluding carboxylic acids is 1. The molecular weight excluding hydrogens is 410 g/mol. The zero-order valence-corrected chi connectivity index (χ0v) is 19.1. The number of benzene rings is 2. The maximum Gasteiger partial charge on any atom is 0.234 e. The fraction of sp³-hybridized carbons (Fsp3) is 0.375. The molecule has 2 aromatic carbocycles. The SMILES string of the molecule is Cc1ccc(Cl)cc1C1=CN(C(=O)C(C)(C)C)C(CCCN=[N+]=[N-])(c2ccccc2)N1. The molecule has 0 bridgehead atoms. The molecule has 0 saturated carbocycles. The molecule has 1 aliphatic heterocycles. The lowest BCUT2D eigenvalue weighted by atomic mass is 9.88. The van der Waals surface area contributed by atoms with Gasteiger partial charge < -0.3 is 5.32 Å². The summed E-state index contributed by atoms with van der Waals surface area (Å²) in [5, 5.41) is 7.99. The summed E-state index contributed by atoms with van der Waals surface area (Å²) >= 11 is 6.29. The van der Waals surface area contributed by atoms with Crippen LogP contribution in [0.4, 0.5) is 0 Å². The number of rotatable bonds is 6. The number of azide groups is 1. The molecule has 3 rings (SSSR count). The summed E-state index contributed by atoms with van der Waals surface area (Å²) in [5.41, 5.74) is 11.1. The van der Waals surface area contributed by atoms with Crippen molar-refractivity contribution < 1.29 is 4.79 Å². The molecular formula is C24H28ClN5O. The maximum absolute atomic E-state index is 13.6. The molecule has 0 spiro atoms. The van der Waals surface area contributed by atoms with Gasteiger partial charge in [-0.1, -0.05) is 73.9 Å². The van der Waals surface area contributed by atoms with Crippen molar-refractivity contribution in [3.05, 3.63) is 86.9 Å². The second-order valence-corrected chi connectivity index (χ2v) is 9.27. The number of hydrogen-bond acceptors (Lipinski definition) is 3. The van der Waals surface area contributed by atoms with E-state index >= 15 is 0 Å². The molecule has 0 fully saturated rings. The number of carbonyl (C=O) groups is 1. The zero-order valence-electron chi connectivity index (χ0n) is 18.4. The van der Waals surface area contributed by atoms with Crippen LogP contribution in [0.1, 0.15) is 50.3 Å². The van der Waals surface area contributed by atoms with Crippen LogP contribution in [0, 0.1) is 12.3 Å². The van der Waals surface area contributed by atoms with Crippen molar-refractivity contribution in [3.63, 3.8) is 0 Å². The van der Waals surface area contributed by atoms with E-state index in [2.05, 4.69) is 15.3 Å². The van der Waals surface area contributed by atoms with Crippen molar-refractivity contribution in [3.8, 4) is 0 Å². The molecule has 6 nitrogen and oxygen atoms in total. The molecule has 1 aliphatic rings. The number of aryl methyl sites for hydroxylation is 1. The smallest absolute Gasteiger partial charge is 0.234 e. The summed E-state index contributed by atoms with van der Waals surface area (Å²) in [4.78, 5) is 18.3. The third kappa shape index (κ3) is 4.71. The molecule has 0 aliphatic carbocycles. The average molecular weight is 438 g/mol. The summed E-state index contributed by atoms with van der Waals surface area (Å²) in [5.74, 6) is 0.00215. The topological polar surface area (TPSA) is 81.1 Å². The van der Waals surface area contributed by atoms with Gasteiger partial charge >= 0.3 is 0 Å². The molecule has 0 radical (unpaired) electrons. The van der Waals surface area contributed by atoms with Crippen molar-refractivity contribution in [1.82, 2.24) is 10.2 Å². The Balaban J connectivity index is 2.15. The number of amides is 1. The van der Waals surface area contributed by atoms with Crippen molar-refractivity contribution in [2.45, 2.75) is 46.2 Å². The van der Waals surface area contributed by atoms with Gasteiger partial charge in [-0.05, 0) is 48.6 Å². The first-order valence-electron chi connectivity index (χ1n) is 10.4. The van der Waals surface area contributed by atoms with Crippen LogP contribution < -0.4 is 5.32 Å². The monoisotopic (exact) mass is 437 g/mol. The van der Waals surface area contributed by atoms with E-state index in [9.17, 15) is 4.79 Å². The van der Waals surface area contributed by atoms with E-state index in [1.807, 2.05) is 87.3 Å². The third-order valence-corrected chi connectivity index (χ3v) is 5.71. The van der Waals surface area contributed by atoms with Crippen LogP contribution in [0.3, 0.4) is 0 Å². The Morgan fingerprint density at radius 1 is 1.23 bits per heavy atom. The first-order chi connectivity index (χ1) is 14.7. The van der Waals surface area contributed by atoms with Crippen LogP contribution in [0.5, 0.6) is 0 Å². The Hall–Kier alpha value is -2.95. The Bertz CT molecular complexity index is 1040. The van der Waals surface area contributed by atoms with E-state index < -0.39 is 11.1 Å². The van der Waals surface area contributed by atoms with E-state index in [1.54, 1.807) is 0 Å². The van der Waals surface area contributed by atoms with Gasteiger partial charge in [0.1, 0.15) is 5.66 Å². The van der Waals surface area contributed by atoms with E-state index in [4.69, 9.17) is 17.1 Å². The Morgan fingerprint density at radius 3 is 2.58 bits per heavy atom. The molecule has 1 N–H and O–H groups in total. The summed E-state index contributed by atoms with van der Waals surface area (Å²) in [6.07, 6.45) is 3.10. The van der Waals surface area contributed by atoms with Crippen LogP contribution in [-0.2, 0) is 10.5 Å². The van der Waals surface area contributed by atoms with Crippen LogP contribution in [-0.4, -0.2) is 17.4 Å². The summed E-state index contributed by atoms with van der Waals surface area (Å²) in [6, 6.07) is 15.7. The predicted octanol–water partition coefficient (Wildman–Crippen LogP) is 6.37. The van der Waals surface area contributed by atoms with Gasteiger partial charge in [-0.25, -0.2) is 0 Å². The van der Waals surface area contributed by atoms with Gasteiger partial charge in [0.05, 0.1) is 5.70 Å². The largest absolute Gasteiger partial charge is 0.357 e. The predicted molar refractivity (Wildman–Crippen MR) is 125 cm³/mol. The lowest BCUT2D eigenvalue weighted by Crippen LogP contribution is -2.54. The van der Waals surface area contributed by atoms with E-state index in [-0.39, 0.29) is 5.91 Å². The highest BCUT2D eigenvalue weighted by Gasteiger charge is 2.47. The highest BCUT2D eigenvalue weighted by atomic mass is 35.5. The molecule has 1 atom stereocenters. The minimum Gasteiger partial charge on any atom is -0.357 e. The number of halogens is 1. The fourth-order valence-electron chi connectivity index (χ4n) is 3.87. The number of nitrogens with one attached hydrogen (secondary N) is 1. The molecule has 7 heteroatoms. The normalized spacial score (nSPS) is 18.2. The van der Waals surface area contributed by atoms with Crippen molar-refractivity contribution in [2.24, 2.45) is 10.5 Å². The molecule has 0 aromatic heterocycles. The van der Waals surface area contributed by atoms with Gasteiger partial charge in [-0.3, -0.25) is 9.69 Å². The van der Waals surface area contributed by atoms with Gasteiger partial charge in [0.2, 0.25) is 5.91 Å². The quantitative estimate of drug-likeness (QED) is 0.246. The van der Waals surface area contributed by atoms with Crippen LogP contribution in [0.2, 0.25) is 5.02 Å². The number of hydrogen-bond donors (Lipinski definition) is 1. The highest BCUT2D eigenvalue weighted by Crippen LogP contribution is 2.42. The van der Waals surface area contributed by atoms with Gasteiger partial charge in [0.15, 0.2) is 0 Å². The lowest BCUT2D eigenvalue weighted by Gasteiger charge is -2.41. The van der Waals surface area contributed by atoms with E-state index in [0.717, 1.165) is 22.4 Å². The molecule has 2 aromatic rings. The van der Waals surface area contributed by atoms with E-state index in [1.165, 1.54) is 0 Å². The summed E-state index contributed by atoms with van der Waals surface area (Å²) < 4.78 is 0. The highest BCUT2D eigenvalue weighted by molar-refractivity contribution is 6.30. The molecule has 1 heterocycles. The lowest BCUT2D eigenvalue weighted by molar-refractivity contribution is -0.142. The van der Waals surface area contributed by atoms with Gasteiger partial charge in [0, 0.05) is 33.7 Å². The number of nitrogens with zero attached hydrogens (tertiary/aromatic N) is 4. The third-order valence-electron chi connectivity index (χ3n) is 5.47. The minimum absolute atomic E-state index is 0.00215. The van der Waals surface area contributed by atoms with Gasteiger partial charge in [0.25, 0.3) is 0 Å². The molecule has 31 heavy (non-hydrogen) atoms. The first kappa shape index (κ1) is 22.7. The second kappa shape index (κ2) is 9.04. The fourth-order valence-corrected chi connectivity index (χ4v) is 4.04. The van der Waals surface area contributed by atoms with Crippen LogP contribution in [0.25, 0.3) is 16.1 Å². The molecule has 162 valence electrons. The Labute approximate surface area is 188 Å². The molecule has 1 amide bonds. The first-order valence-corrected chi connectivity index (χ1v) is 10.7. The van der Waals surface area contributed by atoms with Crippen molar-refractivity contribution in [1.29, 1.82) is 0 Å². The maximum atomic E-state index is 13.6. The molecule has 1 unspecified atom stereocenters.